The Bertz CT molecular complexity index is 586. The second-order valence-electron chi connectivity index (χ2n) is 6.93. The third-order valence-corrected chi connectivity index (χ3v) is 5.04. The van der Waals surface area contributed by atoms with E-state index >= 15 is 0 Å². The Morgan fingerprint density at radius 2 is 2.12 bits per heavy atom. The van der Waals surface area contributed by atoms with Crippen LogP contribution in [-0.4, -0.2) is 57.5 Å². The molecular weight excluding hydrogens is 321 g/mol. The van der Waals surface area contributed by atoms with E-state index in [1.807, 2.05) is 6.92 Å². The van der Waals surface area contributed by atoms with E-state index in [-0.39, 0.29) is 11.9 Å². The molecule has 24 heavy (non-hydrogen) atoms. The van der Waals surface area contributed by atoms with E-state index < -0.39 is 19.0 Å². The van der Waals surface area contributed by atoms with E-state index in [2.05, 4.69) is 14.9 Å². The highest BCUT2D eigenvalue weighted by Crippen LogP contribution is 2.30. The van der Waals surface area contributed by atoms with Gasteiger partial charge >= 0.3 is 6.18 Å². The third-order valence-electron chi connectivity index (χ3n) is 5.04. The number of H-pyrrole nitrogens is 1. The van der Waals surface area contributed by atoms with Gasteiger partial charge < -0.3 is 9.88 Å². The number of amides is 1. The summed E-state index contributed by atoms with van der Waals surface area (Å²) in [6, 6.07) is 0.0173. The number of hydrogen-bond acceptors (Lipinski definition) is 3. The SMILES string of the molecule is Cc1[nH]cnc1CN1C[C@H]2CC[C@@H](C1)N(C(=O)CCC(F)(F)F)C2. The van der Waals surface area contributed by atoms with Gasteiger partial charge in [-0.15, -0.1) is 0 Å². The van der Waals surface area contributed by atoms with Crippen LogP contribution in [0.3, 0.4) is 0 Å². The predicted molar refractivity (Wildman–Crippen MR) is 82.1 cm³/mol. The Kier molecular flexibility index (Phi) is 4.85. The standard InChI is InChI=1S/C16H23F3N4O/c1-11-14(21-10-20-11)9-22-6-12-2-3-13(8-22)23(7-12)15(24)4-5-16(17,18)19/h10,12-13H,2-9H2,1H3,(H,20,21)/t12-,13+/m1/s1. The van der Waals surface area contributed by atoms with Crippen LogP contribution < -0.4 is 0 Å². The molecule has 0 aliphatic carbocycles. The monoisotopic (exact) mass is 344 g/mol. The molecule has 0 spiro atoms. The Balaban J connectivity index is 1.63. The molecule has 3 aliphatic rings. The second-order valence-corrected chi connectivity index (χ2v) is 6.93. The van der Waals surface area contributed by atoms with Gasteiger partial charge in [0.15, 0.2) is 0 Å². The lowest BCUT2D eigenvalue weighted by Crippen LogP contribution is -2.47. The van der Waals surface area contributed by atoms with E-state index in [1.165, 1.54) is 0 Å². The molecule has 5 nitrogen and oxygen atoms in total. The van der Waals surface area contributed by atoms with Crippen LogP contribution in [0.4, 0.5) is 13.2 Å². The number of aromatic amines is 1. The van der Waals surface area contributed by atoms with Gasteiger partial charge in [0, 0.05) is 44.3 Å². The number of alkyl halides is 3. The summed E-state index contributed by atoms with van der Waals surface area (Å²) < 4.78 is 37.1. The summed E-state index contributed by atoms with van der Waals surface area (Å²) in [6.07, 6.45) is -2.17. The number of halogens is 3. The summed E-state index contributed by atoms with van der Waals surface area (Å²) in [5.41, 5.74) is 2.02. The summed E-state index contributed by atoms with van der Waals surface area (Å²) >= 11 is 0. The highest BCUT2D eigenvalue weighted by molar-refractivity contribution is 5.76. The maximum Gasteiger partial charge on any atom is 0.389 e. The van der Waals surface area contributed by atoms with Crippen LogP contribution in [0.5, 0.6) is 0 Å². The fourth-order valence-corrected chi connectivity index (χ4v) is 3.76. The van der Waals surface area contributed by atoms with E-state index in [9.17, 15) is 18.0 Å². The van der Waals surface area contributed by atoms with Crippen molar-refractivity contribution < 1.29 is 18.0 Å². The molecule has 3 fully saturated rings. The van der Waals surface area contributed by atoms with Crippen LogP contribution in [0, 0.1) is 12.8 Å². The molecule has 3 aliphatic heterocycles. The van der Waals surface area contributed by atoms with Crippen molar-refractivity contribution in [3.63, 3.8) is 0 Å². The molecule has 134 valence electrons. The number of carbonyl (C=O) groups is 1. The van der Waals surface area contributed by atoms with Crippen molar-refractivity contribution in [3.8, 4) is 0 Å². The molecule has 2 bridgehead atoms. The smallest absolute Gasteiger partial charge is 0.348 e. The van der Waals surface area contributed by atoms with Crippen molar-refractivity contribution in [2.24, 2.45) is 5.92 Å². The molecule has 4 heterocycles. The van der Waals surface area contributed by atoms with Gasteiger partial charge in [-0.05, 0) is 25.7 Å². The first kappa shape index (κ1) is 17.3. The van der Waals surface area contributed by atoms with Gasteiger partial charge in [-0.25, -0.2) is 4.98 Å². The largest absolute Gasteiger partial charge is 0.389 e. The number of aryl methyl sites for hydroxylation is 1. The first-order valence-electron chi connectivity index (χ1n) is 8.39. The summed E-state index contributed by atoms with van der Waals surface area (Å²) in [6.45, 7) is 4.85. The number of rotatable bonds is 4. The molecule has 1 N–H and O–H groups in total. The predicted octanol–water partition coefficient (Wildman–Crippen LogP) is 2.48. The summed E-state index contributed by atoms with van der Waals surface area (Å²) in [5, 5.41) is 0. The second kappa shape index (κ2) is 6.74. The zero-order valence-electron chi connectivity index (χ0n) is 13.8. The van der Waals surface area contributed by atoms with E-state index in [0.717, 1.165) is 30.8 Å². The van der Waals surface area contributed by atoms with Gasteiger partial charge in [-0.3, -0.25) is 9.69 Å². The van der Waals surface area contributed by atoms with Crippen LogP contribution in [0.25, 0.3) is 0 Å². The van der Waals surface area contributed by atoms with Crippen LogP contribution in [-0.2, 0) is 11.3 Å². The number of aromatic nitrogens is 2. The van der Waals surface area contributed by atoms with Crippen molar-refractivity contribution in [1.82, 2.24) is 19.8 Å². The van der Waals surface area contributed by atoms with Crippen LogP contribution >= 0.6 is 0 Å². The minimum absolute atomic E-state index is 0.0173. The molecule has 8 heteroatoms. The Morgan fingerprint density at radius 1 is 1.33 bits per heavy atom. The average molecular weight is 344 g/mol. The van der Waals surface area contributed by atoms with Crippen molar-refractivity contribution in [3.05, 3.63) is 17.7 Å². The van der Waals surface area contributed by atoms with Crippen molar-refractivity contribution in [2.75, 3.05) is 19.6 Å². The van der Waals surface area contributed by atoms with Crippen LogP contribution in [0.2, 0.25) is 0 Å². The summed E-state index contributed by atoms with van der Waals surface area (Å²) in [7, 11) is 0. The molecular formula is C16H23F3N4O. The lowest BCUT2D eigenvalue weighted by atomic mass is 9.94. The topological polar surface area (TPSA) is 52.2 Å². The molecule has 0 saturated carbocycles. The summed E-state index contributed by atoms with van der Waals surface area (Å²) in [5.74, 6) is -0.0299. The number of carbonyl (C=O) groups excluding carboxylic acids is 1. The van der Waals surface area contributed by atoms with Crippen molar-refractivity contribution >= 4 is 5.91 Å². The number of imidazole rings is 1. The highest BCUT2D eigenvalue weighted by atomic mass is 19.4. The minimum atomic E-state index is -4.27. The van der Waals surface area contributed by atoms with Gasteiger partial charge in [0.25, 0.3) is 0 Å². The maximum absolute atomic E-state index is 12.4. The quantitative estimate of drug-likeness (QED) is 0.913. The molecule has 1 aromatic heterocycles. The number of fused-ring (bicyclic) bond motifs is 4. The number of piperidine rings is 1. The minimum Gasteiger partial charge on any atom is -0.348 e. The molecule has 0 unspecified atom stereocenters. The number of hydrogen-bond donors (Lipinski definition) is 1. The van der Waals surface area contributed by atoms with Gasteiger partial charge in [-0.1, -0.05) is 0 Å². The molecule has 3 saturated heterocycles. The van der Waals surface area contributed by atoms with Gasteiger partial charge in [0.05, 0.1) is 18.4 Å². The third kappa shape index (κ3) is 4.09. The fourth-order valence-electron chi connectivity index (χ4n) is 3.76. The molecule has 0 radical (unpaired) electrons. The highest BCUT2D eigenvalue weighted by Gasteiger charge is 2.38. The zero-order chi connectivity index (χ0) is 17.3. The first-order chi connectivity index (χ1) is 11.3. The number of nitrogens with zero attached hydrogens (tertiary/aromatic N) is 3. The lowest BCUT2D eigenvalue weighted by Gasteiger charge is -2.36. The van der Waals surface area contributed by atoms with E-state index in [4.69, 9.17) is 0 Å². The van der Waals surface area contributed by atoms with Crippen molar-refractivity contribution in [2.45, 2.75) is 51.4 Å². The van der Waals surface area contributed by atoms with Crippen LogP contribution in [0.15, 0.2) is 6.33 Å². The molecule has 1 amide bonds. The number of nitrogens with one attached hydrogen (secondary N) is 1. The van der Waals surface area contributed by atoms with E-state index in [0.29, 0.717) is 25.6 Å². The average Bonchev–Trinajstić information content (AvgIpc) is 2.73. The van der Waals surface area contributed by atoms with E-state index in [1.54, 1.807) is 11.2 Å². The van der Waals surface area contributed by atoms with Crippen molar-refractivity contribution in [1.29, 1.82) is 0 Å². The lowest BCUT2D eigenvalue weighted by molar-refractivity contribution is -0.151. The Morgan fingerprint density at radius 3 is 2.79 bits per heavy atom. The first-order valence-corrected chi connectivity index (χ1v) is 8.39. The normalized spacial score (nSPS) is 25.1. The fraction of sp³-hybridized carbons (Fsp3) is 0.750. The molecule has 0 aromatic carbocycles. The molecule has 1 aromatic rings. The summed E-state index contributed by atoms with van der Waals surface area (Å²) in [4.78, 5) is 23.6. The molecule has 2 atom stereocenters. The molecule has 4 rings (SSSR count). The Labute approximate surface area is 139 Å². The Hall–Kier alpha value is -1.57. The van der Waals surface area contributed by atoms with Gasteiger partial charge in [0.1, 0.15) is 0 Å². The maximum atomic E-state index is 12.4. The van der Waals surface area contributed by atoms with Gasteiger partial charge in [0.2, 0.25) is 5.91 Å². The van der Waals surface area contributed by atoms with Crippen LogP contribution in [0.1, 0.15) is 37.1 Å². The zero-order valence-corrected chi connectivity index (χ0v) is 13.8. The van der Waals surface area contributed by atoms with Gasteiger partial charge in [-0.2, -0.15) is 13.2 Å².